The Morgan fingerprint density at radius 2 is 1.71 bits per heavy atom. The van der Waals surface area contributed by atoms with E-state index in [0.29, 0.717) is 12.8 Å². The molecule has 15 heteroatoms. The van der Waals surface area contributed by atoms with E-state index in [-0.39, 0.29) is 59.7 Å². The Kier molecular flexibility index (Phi) is 16.0. The average Bonchev–Trinajstić information content (AvgIpc) is 2.35. The van der Waals surface area contributed by atoms with Gasteiger partial charge in [0.05, 0.1) is 6.61 Å². The Bertz CT molecular complexity index is 504. The van der Waals surface area contributed by atoms with Crippen molar-refractivity contribution in [3.63, 3.8) is 0 Å². The van der Waals surface area contributed by atoms with Crippen LogP contribution in [0.15, 0.2) is 18.5 Å². The number of ether oxygens (including phenoxy) is 1. The fourth-order valence-corrected chi connectivity index (χ4v) is 3.65. The number of nitrogens with one attached hydrogen (secondary N) is 1. The number of aromatic nitrogens is 2. The van der Waals surface area contributed by atoms with E-state index < -0.39 is 20.7 Å². The standard InChI is InChI=1S/C9H17N3O7P2.Na.2H2O/c13-20(14,15)9(21(16,17)18)12-4-1-2-7-19-8-10-5-3-6-11-8;;;/h3,5-6,9,12H,1-2,4,7H2,(H2,13,14,15)(H2,16,17,18);;2*1H2/q;+1;;/p-1. The molecule has 0 saturated carbocycles. The van der Waals surface area contributed by atoms with Gasteiger partial charge in [-0.1, -0.05) is 0 Å². The molecule has 0 radical (unpaired) electrons. The van der Waals surface area contributed by atoms with Crippen molar-refractivity contribution in [1.29, 1.82) is 0 Å². The molecule has 1 aromatic heterocycles. The van der Waals surface area contributed by atoms with E-state index in [1.807, 2.05) is 0 Å². The predicted octanol–water partition coefficient (Wildman–Crippen LogP) is -5.41. The summed E-state index contributed by atoms with van der Waals surface area (Å²) < 4.78 is 27.0. The first-order valence-corrected chi connectivity index (χ1v) is 9.26. The Morgan fingerprint density at radius 3 is 2.17 bits per heavy atom. The minimum atomic E-state index is -5.18. The number of hydrogen-bond donors (Lipinski definition) is 4. The van der Waals surface area contributed by atoms with Gasteiger partial charge in [0.2, 0.25) is 0 Å². The second kappa shape index (κ2) is 13.3. The summed E-state index contributed by atoms with van der Waals surface area (Å²) in [7, 11) is -10.2. The molecule has 136 valence electrons. The van der Waals surface area contributed by atoms with Crippen LogP contribution in [0.3, 0.4) is 0 Å². The zero-order valence-corrected chi connectivity index (χ0v) is 16.7. The molecule has 0 spiro atoms. The Hall–Kier alpha value is 0.0600. The third kappa shape index (κ3) is 11.6. The second-order valence-corrected chi connectivity index (χ2v) is 7.81. The summed E-state index contributed by atoms with van der Waals surface area (Å²) in [5.74, 6) is 0. The van der Waals surface area contributed by atoms with Gasteiger partial charge < -0.3 is 39.8 Å². The second-order valence-electron chi connectivity index (χ2n) is 4.07. The third-order valence-corrected chi connectivity index (χ3v) is 5.70. The first-order chi connectivity index (χ1) is 9.71. The van der Waals surface area contributed by atoms with E-state index in [1.165, 1.54) is 12.4 Å². The van der Waals surface area contributed by atoms with Crippen molar-refractivity contribution in [3.05, 3.63) is 18.5 Å². The third-order valence-electron chi connectivity index (χ3n) is 2.30. The molecule has 0 saturated heterocycles. The van der Waals surface area contributed by atoms with Crippen LogP contribution in [0, 0.1) is 0 Å². The van der Waals surface area contributed by atoms with Gasteiger partial charge in [-0.2, -0.15) is 0 Å². The van der Waals surface area contributed by atoms with Gasteiger partial charge in [-0.25, -0.2) is 9.97 Å². The summed E-state index contributed by atoms with van der Waals surface area (Å²) in [6, 6.07) is 1.84. The molecule has 0 aliphatic heterocycles. The van der Waals surface area contributed by atoms with Crippen LogP contribution in [0.2, 0.25) is 0 Å². The minimum absolute atomic E-state index is 0. The van der Waals surface area contributed by atoms with Crippen molar-refractivity contribution in [2.24, 2.45) is 0 Å². The predicted molar refractivity (Wildman–Crippen MR) is 77.6 cm³/mol. The molecule has 12 nitrogen and oxygen atoms in total. The van der Waals surface area contributed by atoms with Gasteiger partial charge in [-0.15, -0.1) is 0 Å². The number of nitrogens with zero attached hydrogens (tertiary/aromatic N) is 2. The number of hydrogen-bond acceptors (Lipinski definition) is 7. The van der Waals surface area contributed by atoms with Crippen molar-refractivity contribution < 1.29 is 74.0 Å². The Balaban J connectivity index is -0.00000147. The Morgan fingerprint density at radius 1 is 1.17 bits per heavy atom. The molecule has 0 aliphatic rings. The fourth-order valence-electron chi connectivity index (χ4n) is 1.41. The Labute approximate surface area is 160 Å². The van der Waals surface area contributed by atoms with E-state index in [9.17, 15) is 14.0 Å². The maximum Gasteiger partial charge on any atom is 1.00 e. The quantitative estimate of drug-likeness (QED) is 0.175. The number of rotatable bonds is 9. The van der Waals surface area contributed by atoms with Gasteiger partial charge in [-0.05, 0) is 25.5 Å². The topological polar surface area (TPSA) is 228 Å². The van der Waals surface area contributed by atoms with Crippen LogP contribution < -0.4 is 44.5 Å². The van der Waals surface area contributed by atoms with E-state index >= 15 is 0 Å². The van der Waals surface area contributed by atoms with Crippen LogP contribution in [0.5, 0.6) is 6.01 Å². The van der Waals surface area contributed by atoms with E-state index in [4.69, 9.17) is 19.4 Å². The first kappa shape index (κ1) is 28.8. The van der Waals surface area contributed by atoms with Crippen LogP contribution in [-0.4, -0.2) is 54.3 Å². The van der Waals surface area contributed by atoms with Gasteiger partial charge in [0.15, 0.2) is 13.1 Å². The average molecular weight is 399 g/mol. The molecule has 1 heterocycles. The molecule has 1 rings (SSSR count). The van der Waals surface area contributed by atoms with Crippen molar-refractivity contribution in [2.45, 2.75) is 18.4 Å². The molecule has 0 bridgehead atoms. The molecule has 24 heavy (non-hydrogen) atoms. The molecule has 0 fully saturated rings. The van der Waals surface area contributed by atoms with Crippen molar-refractivity contribution in [1.82, 2.24) is 15.3 Å². The summed E-state index contributed by atoms with van der Waals surface area (Å²) in [6.07, 6.45) is 3.89. The van der Waals surface area contributed by atoms with Crippen LogP contribution in [-0.2, 0) is 9.13 Å². The summed E-state index contributed by atoms with van der Waals surface area (Å²) in [4.78, 5) is 45.0. The number of unbranched alkanes of at least 4 members (excludes halogenated alkanes) is 1. The van der Waals surface area contributed by atoms with E-state index in [0.717, 1.165) is 0 Å². The van der Waals surface area contributed by atoms with Gasteiger partial charge in [0, 0.05) is 12.4 Å². The molecule has 1 aromatic rings. The minimum Gasteiger partial charge on any atom is -0.777 e. The molecule has 0 aliphatic carbocycles. The van der Waals surface area contributed by atoms with Crippen LogP contribution in [0.1, 0.15) is 12.8 Å². The maximum absolute atomic E-state index is 10.9. The van der Waals surface area contributed by atoms with Crippen molar-refractivity contribution in [2.75, 3.05) is 13.2 Å². The molecular weight excluding hydrogens is 379 g/mol. The monoisotopic (exact) mass is 399 g/mol. The SMILES string of the molecule is O.O.O=P([O-])(O)C(NCCCCOc1ncccn1)P(=O)(O)O.[Na+]. The molecular formula is C9H20N3NaO9P2. The summed E-state index contributed by atoms with van der Waals surface area (Å²) >= 11 is 0. The van der Waals surface area contributed by atoms with Crippen LogP contribution in [0.25, 0.3) is 0 Å². The van der Waals surface area contributed by atoms with Crippen LogP contribution >= 0.6 is 15.2 Å². The molecule has 0 aromatic carbocycles. The summed E-state index contributed by atoms with van der Waals surface area (Å²) in [6.45, 7) is 0.252. The molecule has 2 atom stereocenters. The van der Waals surface area contributed by atoms with Gasteiger partial charge >= 0.3 is 43.2 Å². The van der Waals surface area contributed by atoms with E-state index in [2.05, 4.69) is 15.3 Å². The molecule has 8 N–H and O–H groups in total. The summed E-state index contributed by atoms with van der Waals surface area (Å²) in [5.41, 5.74) is -2.29. The van der Waals surface area contributed by atoms with Crippen LogP contribution in [0.4, 0.5) is 0 Å². The first-order valence-electron chi connectivity index (χ1n) is 5.93. The molecule has 2 unspecified atom stereocenters. The largest absolute Gasteiger partial charge is 1.00 e. The smallest absolute Gasteiger partial charge is 0.777 e. The maximum atomic E-state index is 10.9. The van der Waals surface area contributed by atoms with Crippen molar-refractivity contribution >= 4 is 15.2 Å². The fraction of sp³-hybridized carbons (Fsp3) is 0.556. The van der Waals surface area contributed by atoms with E-state index in [1.54, 1.807) is 6.07 Å². The van der Waals surface area contributed by atoms with Gasteiger partial charge in [0.25, 0.3) is 0 Å². The summed E-state index contributed by atoms with van der Waals surface area (Å²) in [5, 5.41) is 2.12. The van der Waals surface area contributed by atoms with Gasteiger partial charge in [-0.3, -0.25) is 9.88 Å². The zero-order chi connectivity index (χ0) is 15.9. The van der Waals surface area contributed by atoms with Gasteiger partial charge in [0.1, 0.15) is 0 Å². The van der Waals surface area contributed by atoms with Crippen molar-refractivity contribution in [3.8, 4) is 6.01 Å². The molecule has 0 amide bonds. The zero-order valence-electron chi connectivity index (χ0n) is 12.9. The normalized spacial score (nSPS) is 14.2.